The van der Waals surface area contributed by atoms with Gasteiger partial charge in [-0.15, -0.1) is 0 Å². The highest BCUT2D eigenvalue weighted by Gasteiger charge is 2.31. The molecule has 2 heterocycles. The summed E-state index contributed by atoms with van der Waals surface area (Å²) in [4.78, 5) is 14.7. The van der Waals surface area contributed by atoms with Crippen LogP contribution in [0.2, 0.25) is 0 Å². The molecule has 0 aliphatic heterocycles. The molecule has 0 spiro atoms. The van der Waals surface area contributed by atoms with Crippen molar-refractivity contribution in [2.75, 3.05) is 0 Å². The highest BCUT2D eigenvalue weighted by molar-refractivity contribution is 6.10. The third-order valence-corrected chi connectivity index (χ3v) is 8.53. The number of alkyl halides is 3. The number of halogens is 3. The van der Waals surface area contributed by atoms with E-state index in [4.69, 9.17) is 15.0 Å². The highest BCUT2D eigenvalue weighted by atomic mass is 19.4. The number of aryl methyl sites for hydroxylation is 1. The molecule has 0 aliphatic carbocycles. The van der Waals surface area contributed by atoms with Crippen LogP contribution in [0.1, 0.15) is 11.1 Å². The molecule has 232 valence electrons. The fourth-order valence-electron chi connectivity index (χ4n) is 6.24. The van der Waals surface area contributed by atoms with Crippen LogP contribution in [0.3, 0.4) is 0 Å². The first kappa shape index (κ1) is 29.3. The van der Waals surface area contributed by atoms with Gasteiger partial charge in [0, 0.05) is 33.0 Å². The Morgan fingerprint density at radius 3 is 1.73 bits per heavy atom. The van der Waals surface area contributed by atoms with E-state index < -0.39 is 11.7 Å². The van der Waals surface area contributed by atoms with Crippen LogP contribution in [0.5, 0.6) is 0 Å². The standard InChI is InChI=1S/C41H27F3N4/c1-26-19-21-34-33-17-8-9-18-35(33)48(36(34)23-26)37-25-30(20-22-32(37)29-15-10-16-31(24-29)41(42,43)44)40-46-38(27-11-4-2-5-12-27)45-39(47-40)28-13-6-3-7-14-28/h2-25H,1H3. The summed E-state index contributed by atoms with van der Waals surface area (Å²) < 4.78 is 43.9. The summed E-state index contributed by atoms with van der Waals surface area (Å²) in [7, 11) is 0. The SMILES string of the molecule is Cc1ccc2c3ccccc3n(-c3cc(-c4nc(-c5ccccc5)nc(-c5ccccc5)n4)ccc3-c3cccc(C(F)(F)F)c3)c2c1. The van der Waals surface area contributed by atoms with E-state index in [0.29, 0.717) is 39.9 Å². The first-order valence-corrected chi connectivity index (χ1v) is 15.5. The number of aromatic nitrogens is 4. The van der Waals surface area contributed by atoms with E-state index in [2.05, 4.69) is 28.8 Å². The van der Waals surface area contributed by atoms with E-state index in [1.54, 1.807) is 6.07 Å². The lowest BCUT2D eigenvalue weighted by molar-refractivity contribution is -0.137. The summed E-state index contributed by atoms with van der Waals surface area (Å²) in [6.07, 6.45) is -4.48. The van der Waals surface area contributed by atoms with Crippen LogP contribution >= 0.6 is 0 Å². The van der Waals surface area contributed by atoms with Crippen molar-refractivity contribution in [2.45, 2.75) is 13.1 Å². The van der Waals surface area contributed by atoms with Crippen molar-refractivity contribution in [1.82, 2.24) is 19.5 Å². The topological polar surface area (TPSA) is 43.6 Å². The van der Waals surface area contributed by atoms with Crippen LogP contribution in [0.15, 0.2) is 146 Å². The molecule has 0 aliphatic rings. The number of fused-ring (bicyclic) bond motifs is 3. The van der Waals surface area contributed by atoms with Crippen molar-refractivity contribution >= 4 is 21.8 Å². The number of rotatable bonds is 5. The quantitative estimate of drug-likeness (QED) is 0.190. The maximum atomic E-state index is 13.9. The van der Waals surface area contributed by atoms with Crippen LogP contribution in [0.25, 0.3) is 72.8 Å². The zero-order valence-corrected chi connectivity index (χ0v) is 25.8. The zero-order chi connectivity index (χ0) is 32.8. The minimum atomic E-state index is -4.48. The Kier molecular flexibility index (Phi) is 7.10. The van der Waals surface area contributed by atoms with Crippen LogP contribution < -0.4 is 0 Å². The van der Waals surface area contributed by atoms with E-state index in [1.165, 1.54) is 12.1 Å². The van der Waals surface area contributed by atoms with Crippen molar-refractivity contribution in [1.29, 1.82) is 0 Å². The molecule has 48 heavy (non-hydrogen) atoms. The van der Waals surface area contributed by atoms with Crippen LogP contribution in [0.4, 0.5) is 13.2 Å². The van der Waals surface area contributed by atoms with Gasteiger partial charge in [-0.3, -0.25) is 0 Å². The van der Waals surface area contributed by atoms with Gasteiger partial charge in [0.1, 0.15) is 0 Å². The van der Waals surface area contributed by atoms with Gasteiger partial charge in [-0.2, -0.15) is 13.2 Å². The predicted molar refractivity (Wildman–Crippen MR) is 186 cm³/mol. The lowest BCUT2D eigenvalue weighted by Crippen LogP contribution is -2.05. The second-order valence-corrected chi connectivity index (χ2v) is 11.7. The normalized spacial score (nSPS) is 11.8. The van der Waals surface area contributed by atoms with Gasteiger partial charge in [-0.25, -0.2) is 15.0 Å². The molecule has 4 nitrogen and oxygen atoms in total. The number of nitrogens with zero attached hydrogens (tertiary/aromatic N) is 4. The molecule has 0 fully saturated rings. The second-order valence-electron chi connectivity index (χ2n) is 11.7. The Morgan fingerprint density at radius 2 is 1.06 bits per heavy atom. The second kappa shape index (κ2) is 11.6. The monoisotopic (exact) mass is 632 g/mol. The Labute approximate surface area is 274 Å². The minimum Gasteiger partial charge on any atom is -0.309 e. The van der Waals surface area contributed by atoms with Gasteiger partial charge in [-0.1, -0.05) is 115 Å². The molecule has 7 heteroatoms. The molecule has 2 aromatic heterocycles. The van der Waals surface area contributed by atoms with Crippen LogP contribution in [0, 0.1) is 6.92 Å². The van der Waals surface area contributed by atoms with Crippen molar-refractivity contribution in [3.63, 3.8) is 0 Å². The predicted octanol–water partition coefficient (Wildman–Crippen LogP) is 11.0. The third kappa shape index (κ3) is 5.29. The lowest BCUT2D eigenvalue weighted by atomic mass is 9.98. The zero-order valence-electron chi connectivity index (χ0n) is 25.8. The average Bonchev–Trinajstić information content (AvgIpc) is 3.45. The summed E-state index contributed by atoms with van der Waals surface area (Å²) in [5.74, 6) is 1.50. The summed E-state index contributed by atoms with van der Waals surface area (Å²) >= 11 is 0. The van der Waals surface area contributed by atoms with Gasteiger partial charge in [-0.05, 0) is 48.4 Å². The Morgan fingerprint density at radius 1 is 0.479 bits per heavy atom. The highest BCUT2D eigenvalue weighted by Crippen LogP contribution is 2.40. The van der Waals surface area contributed by atoms with Gasteiger partial charge >= 0.3 is 6.18 Å². The molecule has 0 unspecified atom stereocenters. The van der Waals surface area contributed by atoms with Crippen molar-refractivity contribution in [2.24, 2.45) is 0 Å². The molecule has 0 N–H and O–H groups in total. The Bertz CT molecular complexity index is 2390. The van der Waals surface area contributed by atoms with Crippen molar-refractivity contribution in [3.8, 4) is 51.0 Å². The summed E-state index contributed by atoms with van der Waals surface area (Å²) in [6.45, 7) is 2.03. The molecule has 0 radical (unpaired) electrons. The van der Waals surface area contributed by atoms with Gasteiger partial charge in [0.2, 0.25) is 0 Å². The molecule has 6 aromatic carbocycles. The number of hydrogen-bond donors (Lipinski definition) is 0. The first-order valence-electron chi connectivity index (χ1n) is 15.5. The van der Waals surface area contributed by atoms with E-state index in [9.17, 15) is 13.2 Å². The fraction of sp³-hybridized carbons (Fsp3) is 0.0488. The molecule has 8 aromatic rings. The molecular formula is C41H27F3N4. The molecular weight excluding hydrogens is 605 g/mol. The van der Waals surface area contributed by atoms with Gasteiger partial charge in [0.15, 0.2) is 17.5 Å². The van der Waals surface area contributed by atoms with Crippen molar-refractivity contribution < 1.29 is 13.2 Å². The molecule has 0 saturated heterocycles. The van der Waals surface area contributed by atoms with E-state index >= 15 is 0 Å². The summed E-state index contributed by atoms with van der Waals surface area (Å²) in [6, 6.07) is 45.0. The molecule has 8 rings (SSSR count). The smallest absolute Gasteiger partial charge is 0.309 e. The van der Waals surface area contributed by atoms with Gasteiger partial charge < -0.3 is 4.57 Å². The Hall–Kier alpha value is -6.08. The average molecular weight is 633 g/mol. The van der Waals surface area contributed by atoms with Crippen molar-refractivity contribution in [3.05, 3.63) is 157 Å². The maximum Gasteiger partial charge on any atom is 0.416 e. The Balaban J connectivity index is 1.43. The minimum absolute atomic E-state index is 0.454. The summed E-state index contributed by atoms with van der Waals surface area (Å²) in [5, 5.41) is 2.10. The number of hydrogen-bond acceptors (Lipinski definition) is 3. The fourth-order valence-corrected chi connectivity index (χ4v) is 6.24. The molecule has 0 bridgehead atoms. The maximum absolute atomic E-state index is 13.9. The molecule has 0 atom stereocenters. The summed E-state index contributed by atoms with van der Waals surface area (Å²) in [5.41, 5.74) is 6.47. The lowest BCUT2D eigenvalue weighted by Gasteiger charge is -2.17. The number of para-hydroxylation sites is 1. The van der Waals surface area contributed by atoms with E-state index in [-0.39, 0.29) is 0 Å². The first-order chi connectivity index (χ1) is 23.3. The van der Waals surface area contributed by atoms with Crippen LogP contribution in [-0.4, -0.2) is 19.5 Å². The van der Waals surface area contributed by atoms with E-state index in [1.807, 2.05) is 104 Å². The third-order valence-electron chi connectivity index (χ3n) is 8.53. The molecule has 0 amide bonds. The largest absolute Gasteiger partial charge is 0.416 e. The molecule has 0 saturated carbocycles. The van der Waals surface area contributed by atoms with Gasteiger partial charge in [0.05, 0.1) is 22.3 Å². The van der Waals surface area contributed by atoms with Gasteiger partial charge in [0.25, 0.3) is 0 Å². The van der Waals surface area contributed by atoms with E-state index in [0.717, 1.165) is 44.6 Å². The number of benzene rings is 6. The van der Waals surface area contributed by atoms with Crippen LogP contribution in [-0.2, 0) is 6.18 Å².